The Hall–Kier alpha value is -1.02. The van der Waals surface area contributed by atoms with Crippen LogP contribution in [0.15, 0.2) is 42.0 Å². The SMILES string of the molecule is CCCCCCCC[C@@H]1CC[C@@H]2[C@H]3CC=C4C[C@@H](SC(=O)c5ccccc5)CC[C@]4(C)[C@@H]3CC[C@]12C. The van der Waals surface area contributed by atoms with Crippen molar-refractivity contribution >= 4 is 16.9 Å². The zero-order chi connectivity index (χ0) is 25.2. The lowest BCUT2D eigenvalue weighted by atomic mass is 9.47. The second-order valence-electron chi connectivity index (χ2n) is 13.3. The van der Waals surface area contributed by atoms with Gasteiger partial charge in [-0.05, 0) is 92.3 Å². The number of benzene rings is 1. The van der Waals surface area contributed by atoms with Crippen LogP contribution >= 0.6 is 11.8 Å². The van der Waals surface area contributed by atoms with Crippen LogP contribution < -0.4 is 0 Å². The minimum absolute atomic E-state index is 0.259. The molecule has 3 fully saturated rings. The molecule has 2 heteroatoms. The van der Waals surface area contributed by atoms with E-state index in [9.17, 15) is 4.79 Å². The van der Waals surface area contributed by atoms with Gasteiger partial charge in [0.25, 0.3) is 0 Å². The summed E-state index contributed by atoms with van der Waals surface area (Å²) in [5, 5.41) is 0.713. The van der Waals surface area contributed by atoms with Crippen LogP contribution in [0.1, 0.15) is 127 Å². The first-order valence-corrected chi connectivity index (χ1v) is 16.3. The molecule has 1 aromatic carbocycles. The quantitative estimate of drug-likeness (QED) is 0.245. The molecule has 0 N–H and O–H groups in total. The van der Waals surface area contributed by atoms with Gasteiger partial charge in [0.05, 0.1) is 0 Å². The molecule has 7 atom stereocenters. The van der Waals surface area contributed by atoms with Crippen LogP contribution in [0, 0.1) is 34.5 Å². The van der Waals surface area contributed by atoms with Gasteiger partial charge in [-0.1, -0.05) is 113 Å². The summed E-state index contributed by atoms with van der Waals surface area (Å²) in [6.45, 7) is 7.63. The fraction of sp³-hybridized carbons (Fsp3) is 0.735. The number of carbonyl (C=O) groups is 1. The van der Waals surface area contributed by atoms with Crippen molar-refractivity contribution in [2.45, 2.75) is 122 Å². The van der Waals surface area contributed by atoms with Gasteiger partial charge in [0, 0.05) is 10.8 Å². The molecule has 0 radical (unpaired) electrons. The number of rotatable bonds is 9. The van der Waals surface area contributed by atoms with Crippen molar-refractivity contribution in [3.8, 4) is 0 Å². The van der Waals surface area contributed by atoms with Crippen LogP contribution in [0.2, 0.25) is 0 Å². The van der Waals surface area contributed by atoms with Gasteiger partial charge in [0.1, 0.15) is 0 Å². The molecule has 0 saturated heterocycles. The molecule has 0 aromatic heterocycles. The second-order valence-corrected chi connectivity index (χ2v) is 14.5. The number of hydrogen-bond acceptors (Lipinski definition) is 2. The predicted molar refractivity (Wildman–Crippen MR) is 155 cm³/mol. The maximum atomic E-state index is 12.9. The largest absolute Gasteiger partial charge is 0.282 e. The molecule has 1 nitrogen and oxygen atoms in total. The highest BCUT2D eigenvalue weighted by atomic mass is 32.2. The Morgan fingerprint density at radius 2 is 1.69 bits per heavy atom. The molecule has 4 aliphatic carbocycles. The maximum absolute atomic E-state index is 12.9. The number of fused-ring (bicyclic) bond motifs is 5. The molecule has 36 heavy (non-hydrogen) atoms. The van der Waals surface area contributed by atoms with Gasteiger partial charge in [-0.3, -0.25) is 4.79 Å². The summed E-state index contributed by atoms with van der Waals surface area (Å²) in [5.41, 5.74) is 3.55. The lowest BCUT2D eigenvalue weighted by Crippen LogP contribution is -2.50. The van der Waals surface area contributed by atoms with Gasteiger partial charge in [-0.15, -0.1) is 0 Å². The van der Waals surface area contributed by atoms with Crippen LogP contribution in [0.4, 0.5) is 0 Å². The van der Waals surface area contributed by atoms with Crippen molar-refractivity contribution < 1.29 is 4.79 Å². The monoisotopic (exact) mass is 506 g/mol. The van der Waals surface area contributed by atoms with Gasteiger partial charge in [0.15, 0.2) is 0 Å². The van der Waals surface area contributed by atoms with Crippen molar-refractivity contribution in [2.75, 3.05) is 0 Å². The Balaban J connectivity index is 1.20. The third kappa shape index (κ3) is 5.14. The van der Waals surface area contributed by atoms with E-state index < -0.39 is 0 Å². The summed E-state index contributed by atoms with van der Waals surface area (Å²) in [6.07, 6.45) is 23.6. The molecule has 0 unspecified atom stereocenters. The zero-order valence-electron chi connectivity index (χ0n) is 23.3. The summed E-state index contributed by atoms with van der Waals surface area (Å²) < 4.78 is 0. The average Bonchev–Trinajstić information content (AvgIpc) is 3.23. The standard InChI is InChI=1S/C34H50OS/c1-4-5-6-7-8-12-15-26-17-19-30-29-18-16-27-24-28(36-32(35)25-13-10-9-11-14-25)20-22-34(27,3)31(29)21-23-33(26,30)2/h9-11,13-14,16,26,28-31H,4-8,12,15,17-24H2,1-3H3/t26-,28+,29-,30-,31-,33-,34+/m1/s1. The third-order valence-corrected chi connectivity index (χ3v) is 12.6. The normalized spacial score (nSPS) is 37.5. The highest BCUT2D eigenvalue weighted by Crippen LogP contribution is 2.67. The third-order valence-electron chi connectivity index (χ3n) is 11.4. The Kier molecular flexibility index (Phi) is 8.41. The van der Waals surface area contributed by atoms with Crippen LogP contribution in [-0.2, 0) is 0 Å². The summed E-state index contributed by atoms with van der Waals surface area (Å²) >= 11 is 1.61. The minimum atomic E-state index is 0.259. The minimum Gasteiger partial charge on any atom is -0.282 e. The van der Waals surface area contributed by atoms with Gasteiger partial charge in [-0.25, -0.2) is 0 Å². The molecular weight excluding hydrogens is 456 g/mol. The van der Waals surface area contributed by atoms with E-state index in [1.807, 2.05) is 30.3 Å². The molecule has 1 aromatic rings. The lowest BCUT2D eigenvalue weighted by molar-refractivity contribution is -0.0421. The van der Waals surface area contributed by atoms with Crippen LogP contribution in [0.25, 0.3) is 0 Å². The number of allylic oxidation sites excluding steroid dienone is 2. The fourth-order valence-electron chi connectivity index (χ4n) is 9.28. The first-order valence-electron chi connectivity index (χ1n) is 15.4. The predicted octanol–water partition coefficient (Wildman–Crippen LogP) is 10.3. The molecule has 0 heterocycles. The van der Waals surface area contributed by atoms with E-state index in [1.54, 1.807) is 17.3 Å². The average molecular weight is 507 g/mol. The molecule has 0 aliphatic heterocycles. The lowest BCUT2D eigenvalue weighted by Gasteiger charge is -2.58. The second kappa shape index (κ2) is 11.4. The van der Waals surface area contributed by atoms with Crippen molar-refractivity contribution in [2.24, 2.45) is 34.5 Å². The summed E-state index contributed by atoms with van der Waals surface area (Å²) in [4.78, 5) is 12.9. The number of thioether (sulfide) groups is 1. The van der Waals surface area contributed by atoms with Gasteiger partial charge in [0.2, 0.25) is 5.12 Å². The molecule has 0 amide bonds. The van der Waals surface area contributed by atoms with E-state index in [-0.39, 0.29) is 5.12 Å². The summed E-state index contributed by atoms with van der Waals surface area (Å²) in [7, 11) is 0. The summed E-state index contributed by atoms with van der Waals surface area (Å²) in [6, 6.07) is 9.88. The van der Waals surface area contributed by atoms with Crippen molar-refractivity contribution in [3.63, 3.8) is 0 Å². The fourth-order valence-corrected chi connectivity index (χ4v) is 10.3. The van der Waals surface area contributed by atoms with E-state index in [2.05, 4.69) is 26.8 Å². The maximum Gasteiger partial charge on any atom is 0.219 e. The molecule has 4 aliphatic rings. The Bertz CT molecular complexity index is 920. The van der Waals surface area contributed by atoms with E-state index in [0.29, 0.717) is 16.1 Å². The van der Waals surface area contributed by atoms with Gasteiger partial charge >= 0.3 is 0 Å². The van der Waals surface area contributed by atoms with Crippen LogP contribution in [-0.4, -0.2) is 10.4 Å². The zero-order valence-corrected chi connectivity index (χ0v) is 24.1. The molecule has 198 valence electrons. The van der Waals surface area contributed by atoms with E-state index in [4.69, 9.17) is 0 Å². The molecule has 0 bridgehead atoms. The first-order chi connectivity index (χ1) is 17.5. The first kappa shape index (κ1) is 26.6. The molecule has 3 saturated carbocycles. The van der Waals surface area contributed by atoms with E-state index in [1.165, 1.54) is 89.9 Å². The smallest absolute Gasteiger partial charge is 0.219 e. The van der Waals surface area contributed by atoms with E-state index in [0.717, 1.165) is 35.7 Å². The Morgan fingerprint density at radius 1 is 0.917 bits per heavy atom. The number of carbonyl (C=O) groups excluding carboxylic acids is 1. The molecule has 5 rings (SSSR count). The number of hydrogen-bond donors (Lipinski definition) is 0. The Labute approximate surface area is 225 Å². The van der Waals surface area contributed by atoms with Gasteiger partial charge < -0.3 is 0 Å². The van der Waals surface area contributed by atoms with Crippen molar-refractivity contribution in [1.29, 1.82) is 0 Å². The van der Waals surface area contributed by atoms with Crippen molar-refractivity contribution in [3.05, 3.63) is 47.5 Å². The molecular formula is C34H50OS. The topological polar surface area (TPSA) is 17.1 Å². The summed E-state index contributed by atoms with van der Waals surface area (Å²) in [5.74, 6) is 3.70. The Morgan fingerprint density at radius 3 is 2.50 bits per heavy atom. The highest BCUT2D eigenvalue weighted by molar-refractivity contribution is 8.14. The van der Waals surface area contributed by atoms with Crippen LogP contribution in [0.3, 0.4) is 0 Å². The molecule has 0 spiro atoms. The highest BCUT2D eigenvalue weighted by Gasteiger charge is 2.58. The van der Waals surface area contributed by atoms with E-state index >= 15 is 0 Å². The number of unbranched alkanes of at least 4 members (excludes halogenated alkanes) is 5. The van der Waals surface area contributed by atoms with Crippen LogP contribution in [0.5, 0.6) is 0 Å². The van der Waals surface area contributed by atoms with Gasteiger partial charge in [-0.2, -0.15) is 0 Å². The van der Waals surface area contributed by atoms with Crippen molar-refractivity contribution in [1.82, 2.24) is 0 Å².